The summed E-state index contributed by atoms with van der Waals surface area (Å²) in [4.78, 5) is 8.42. The third kappa shape index (κ3) is 7.17. The zero-order valence-corrected chi connectivity index (χ0v) is 18.7. The number of hydrogen-bond donors (Lipinski definition) is 1. The van der Waals surface area contributed by atoms with Gasteiger partial charge in [-0.25, -0.2) is 0 Å². The van der Waals surface area contributed by atoms with Crippen LogP contribution in [0.1, 0.15) is 26.2 Å². The molecular weight excluding hydrogens is 488 g/mol. The summed E-state index contributed by atoms with van der Waals surface area (Å²) < 4.78 is 49.3. The van der Waals surface area contributed by atoms with Gasteiger partial charge < -0.3 is 19.7 Å². The minimum absolute atomic E-state index is 0. The number of aliphatic imine (C=N–C) groups is 1. The minimum Gasteiger partial charge on any atom is -0.375 e. The van der Waals surface area contributed by atoms with Gasteiger partial charge in [0.05, 0.1) is 19.3 Å². The van der Waals surface area contributed by atoms with Crippen LogP contribution in [0.3, 0.4) is 0 Å². The topological polar surface area (TPSA) is 49.3 Å². The smallest absolute Gasteiger partial charge is 0.375 e. The number of guanidine groups is 1. The standard InChI is InChI=1S/C18H31F3N4O2.HI/c1-2-22-17(23-10-14-5-6-24(11-14)13-18(19,20)21)25-7-9-27-16(12-25)15-4-3-8-26-15;/h14-16H,2-13H2,1H3,(H,22,23);1H. The largest absolute Gasteiger partial charge is 0.401 e. The van der Waals surface area contributed by atoms with Crippen molar-refractivity contribution >= 4 is 29.9 Å². The van der Waals surface area contributed by atoms with Crippen LogP contribution >= 0.6 is 24.0 Å². The Morgan fingerprint density at radius 2 is 1.89 bits per heavy atom. The maximum Gasteiger partial charge on any atom is 0.401 e. The molecular formula is C18H32F3IN4O2. The van der Waals surface area contributed by atoms with Crippen LogP contribution in [0.15, 0.2) is 4.99 Å². The molecule has 3 unspecified atom stereocenters. The minimum atomic E-state index is -4.13. The van der Waals surface area contributed by atoms with Crippen LogP contribution in [0, 0.1) is 5.92 Å². The third-order valence-corrected chi connectivity index (χ3v) is 5.38. The Bertz CT molecular complexity index is 504. The Morgan fingerprint density at radius 3 is 2.57 bits per heavy atom. The van der Waals surface area contributed by atoms with Gasteiger partial charge in [0.1, 0.15) is 6.10 Å². The van der Waals surface area contributed by atoms with Gasteiger partial charge in [-0.3, -0.25) is 9.89 Å². The average Bonchev–Trinajstić information content (AvgIpc) is 3.29. The van der Waals surface area contributed by atoms with E-state index >= 15 is 0 Å². The van der Waals surface area contributed by atoms with Crippen LogP contribution in [0.4, 0.5) is 13.2 Å². The summed E-state index contributed by atoms with van der Waals surface area (Å²) in [6, 6.07) is 0. The van der Waals surface area contributed by atoms with Crippen LogP contribution in [-0.2, 0) is 9.47 Å². The van der Waals surface area contributed by atoms with E-state index in [0.29, 0.717) is 26.2 Å². The zero-order chi connectivity index (χ0) is 19.3. The fraction of sp³-hybridized carbons (Fsp3) is 0.944. The highest BCUT2D eigenvalue weighted by Gasteiger charge is 2.35. The number of morpholine rings is 1. The van der Waals surface area contributed by atoms with Crippen molar-refractivity contribution < 1.29 is 22.6 Å². The van der Waals surface area contributed by atoms with Crippen LogP contribution < -0.4 is 5.32 Å². The number of ether oxygens (including phenoxy) is 2. The van der Waals surface area contributed by atoms with E-state index in [1.54, 1.807) is 0 Å². The van der Waals surface area contributed by atoms with Gasteiger partial charge in [0.2, 0.25) is 0 Å². The lowest BCUT2D eigenvalue weighted by molar-refractivity contribution is -0.143. The molecule has 0 radical (unpaired) electrons. The average molecular weight is 520 g/mol. The molecule has 164 valence electrons. The van der Waals surface area contributed by atoms with E-state index in [1.807, 2.05) is 6.92 Å². The Balaban J connectivity index is 0.00000280. The molecule has 28 heavy (non-hydrogen) atoms. The molecule has 0 aliphatic carbocycles. The van der Waals surface area contributed by atoms with E-state index in [0.717, 1.165) is 51.5 Å². The first-order valence-corrected chi connectivity index (χ1v) is 10.00. The number of halogens is 4. The first-order chi connectivity index (χ1) is 12.9. The number of alkyl halides is 3. The number of hydrogen-bond acceptors (Lipinski definition) is 4. The van der Waals surface area contributed by atoms with Crippen molar-refractivity contribution in [1.82, 2.24) is 15.1 Å². The van der Waals surface area contributed by atoms with Gasteiger partial charge in [0.15, 0.2) is 5.96 Å². The molecule has 0 aromatic rings. The molecule has 0 aromatic carbocycles. The maximum absolute atomic E-state index is 12.5. The van der Waals surface area contributed by atoms with Crippen LogP contribution in [0.5, 0.6) is 0 Å². The first kappa shape index (κ1) is 23.9. The van der Waals surface area contributed by atoms with E-state index < -0.39 is 12.7 Å². The van der Waals surface area contributed by atoms with Crippen LogP contribution in [0.25, 0.3) is 0 Å². The molecule has 3 saturated heterocycles. The molecule has 0 bridgehead atoms. The summed E-state index contributed by atoms with van der Waals surface area (Å²) in [5.41, 5.74) is 0. The SMILES string of the molecule is CCNC(=NCC1CCN(CC(F)(F)F)C1)N1CCOC(C2CCCO2)C1.I. The number of rotatable bonds is 5. The van der Waals surface area contributed by atoms with Crippen molar-refractivity contribution in [3.8, 4) is 0 Å². The summed E-state index contributed by atoms with van der Waals surface area (Å²) in [6.45, 7) is 6.41. The molecule has 0 aromatic heterocycles. The second kappa shape index (κ2) is 11.2. The number of likely N-dealkylation sites (tertiary alicyclic amines) is 1. The van der Waals surface area contributed by atoms with Crippen LogP contribution in [-0.4, -0.2) is 93.2 Å². The van der Waals surface area contributed by atoms with Crippen molar-refractivity contribution in [3.05, 3.63) is 0 Å². The number of nitrogens with zero attached hydrogens (tertiary/aromatic N) is 3. The molecule has 10 heteroatoms. The lowest BCUT2D eigenvalue weighted by atomic mass is 10.1. The quantitative estimate of drug-likeness (QED) is 0.343. The van der Waals surface area contributed by atoms with Gasteiger partial charge in [0, 0.05) is 39.3 Å². The summed E-state index contributed by atoms with van der Waals surface area (Å²) in [5, 5.41) is 3.32. The maximum atomic E-state index is 12.5. The molecule has 0 amide bonds. The predicted molar refractivity (Wildman–Crippen MR) is 112 cm³/mol. The highest BCUT2D eigenvalue weighted by Crippen LogP contribution is 2.24. The molecule has 0 saturated carbocycles. The highest BCUT2D eigenvalue weighted by molar-refractivity contribution is 14.0. The molecule has 3 fully saturated rings. The molecule has 6 nitrogen and oxygen atoms in total. The van der Waals surface area contributed by atoms with E-state index in [4.69, 9.17) is 14.5 Å². The Labute approximate surface area is 182 Å². The Kier molecular flexibility index (Phi) is 9.55. The fourth-order valence-corrected chi connectivity index (χ4v) is 4.09. The number of nitrogens with one attached hydrogen (secondary N) is 1. The zero-order valence-electron chi connectivity index (χ0n) is 16.4. The molecule has 1 N–H and O–H groups in total. The van der Waals surface area contributed by atoms with E-state index in [2.05, 4.69) is 10.2 Å². The van der Waals surface area contributed by atoms with E-state index in [9.17, 15) is 13.2 Å². The van der Waals surface area contributed by atoms with Crippen molar-refractivity contribution in [1.29, 1.82) is 0 Å². The van der Waals surface area contributed by atoms with Gasteiger partial charge in [-0.2, -0.15) is 13.2 Å². The molecule has 0 spiro atoms. The van der Waals surface area contributed by atoms with Gasteiger partial charge in [-0.1, -0.05) is 0 Å². The second-order valence-corrected chi connectivity index (χ2v) is 7.61. The molecule has 3 rings (SSSR count). The second-order valence-electron chi connectivity index (χ2n) is 7.61. The van der Waals surface area contributed by atoms with Gasteiger partial charge in [-0.15, -0.1) is 24.0 Å². The molecule has 3 atom stereocenters. The first-order valence-electron chi connectivity index (χ1n) is 10.00. The van der Waals surface area contributed by atoms with Crippen molar-refractivity contribution in [2.75, 3.05) is 59.0 Å². The summed E-state index contributed by atoms with van der Waals surface area (Å²) in [5.74, 6) is 1.01. The molecule has 3 aliphatic heterocycles. The fourth-order valence-electron chi connectivity index (χ4n) is 4.09. The normalized spacial score (nSPS) is 29.8. The molecule has 3 aliphatic rings. The molecule has 3 heterocycles. The van der Waals surface area contributed by atoms with Crippen molar-refractivity contribution in [3.63, 3.8) is 0 Å². The monoisotopic (exact) mass is 520 g/mol. The predicted octanol–water partition coefficient (Wildman–Crippen LogP) is 2.33. The van der Waals surface area contributed by atoms with Crippen molar-refractivity contribution in [2.24, 2.45) is 10.9 Å². The summed E-state index contributed by atoms with van der Waals surface area (Å²) >= 11 is 0. The van der Waals surface area contributed by atoms with Gasteiger partial charge >= 0.3 is 6.18 Å². The van der Waals surface area contributed by atoms with Crippen molar-refractivity contribution in [2.45, 2.75) is 44.6 Å². The van der Waals surface area contributed by atoms with Gasteiger partial charge in [0.25, 0.3) is 0 Å². The lowest BCUT2D eigenvalue weighted by Crippen LogP contribution is -2.53. The van der Waals surface area contributed by atoms with E-state index in [-0.39, 0.29) is 42.1 Å². The summed E-state index contributed by atoms with van der Waals surface area (Å²) in [6.07, 6.45) is -1.04. The summed E-state index contributed by atoms with van der Waals surface area (Å²) in [7, 11) is 0. The lowest BCUT2D eigenvalue weighted by Gasteiger charge is -2.37. The van der Waals surface area contributed by atoms with Gasteiger partial charge in [-0.05, 0) is 38.6 Å². The van der Waals surface area contributed by atoms with Crippen LogP contribution in [0.2, 0.25) is 0 Å². The Hall–Kier alpha value is -0.330. The Morgan fingerprint density at radius 1 is 1.11 bits per heavy atom. The third-order valence-electron chi connectivity index (χ3n) is 5.38. The highest BCUT2D eigenvalue weighted by atomic mass is 127. The van der Waals surface area contributed by atoms with E-state index in [1.165, 1.54) is 4.90 Å².